The van der Waals surface area contributed by atoms with Crippen molar-refractivity contribution < 1.29 is 0 Å². The average molecular weight is 177 g/mol. The van der Waals surface area contributed by atoms with Crippen molar-refractivity contribution in [2.45, 2.75) is 25.2 Å². The van der Waals surface area contributed by atoms with Crippen LogP contribution in [0.2, 0.25) is 0 Å². The monoisotopic (exact) mass is 177 g/mol. The van der Waals surface area contributed by atoms with E-state index in [1.54, 1.807) is 12.4 Å². The average Bonchev–Trinajstić information content (AvgIpc) is 2.12. The van der Waals surface area contributed by atoms with Crippen molar-refractivity contribution in [3.63, 3.8) is 0 Å². The molecule has 1 fully saturated rings. The second-order valence-electron chi connectivity index (χ2n) is 3.66. The summed E-state index contributed by atoms with van der Waals surface area (Å²) >= 11 is 0. The van der Waals surface area contributed by atoms with Gasteiger partial charge >= 0.3 is 0 Å². The molecule has 1 aliphatic carbocycles. The third kappa shape index (κ3) is 1.70. The maximum absolute atomic E-state index is 5.75. The molecule has 0 aromatic carbocycles. The maximum Gasteiger partial charge on any atom is 0.0632 e. The Hall–Kier alpha value is -0.960. The molecular weight excluding hydrogens is 162 g/mol. The van der Waals surface area contributed by atoms with E-state index in [-0.39, 0.29) is 0 Å². The van der Waals surface area contributed by atoms with E-state index < -0.39 is 0 Å². The number of rotatable bonds is 3. The summed E-state index contributed by atoms with van der Waals surface area (Å²) in [7, 11) is 0. The van der Waals surface area contributed by atoms with Gasteiger partial charge in [-0.2, -0.15) is 0 Å². The molecule has 0 saturated heterocycles. The minimum absolute atomic E-state index is 0.433. The van der Waals surface area contributed by atoms with Gasteiger partial charge in [-0.15, -0.1) is 0 Å². The second-order valence-corrected chi connectivity index (χ2v) is 3.66. The lowest BCUT2D eigenvalue weighted by Crippen LogP contribution is -2.27. The maximum atomic E-state index is 5.75. The summed E-state index contributed by atoms with van der Waals surface area (Å²) in [5, 5.41) is 0. The number of aromatic nitrogens is 2. The Kier molecular flexibility index (Phi) is 2.54. The zero-order chi connectivity index (χ0) is 9.10. The fraction of sp³-hybridized carbons (Fsp3) is 0.600. The molecule has 0 spiro atoms. The van der Waals surface area contributed by atoms with Gasteiger partial charge < -0.3 is 5.73 Å². The molecule has 0 radical (unpaired) electrons. The van der Waals surface area contributed by atoms with Crippen molar-refractivity contribution >= 4 is 0 Å². The lowest BCUT2D eigenvalue weighted by molar-refractivity contribution is 0.260. The van der Waals surface area contributed by atoms with Crippen molar-refractivity contribution in [1.82, 2.24) is 9.97 Å². The predicted octanol–water partition coefficient (Wildman–Crippen LogP) is 1.32. The molecule has 1 aromatic rings. The van der Waals surface area contributed by atoms with Crippen molar-refractivity contribution in [1.29, 1.82) is 0 Å². The highest BCUT2D eigenvalue weighted by atomic mass is 14.8. The van der Waals surface area contributed by atoms with Gasteiger partial charge in [0.1, 0.15) is 0 Å². The minimum Gasteiger partial charge on any atom is -0.330 e. The van der Waals surface area contributed by atoms with Gasteiger partial charge in [0.05, 0.1) is 5.69 Å². The molecule has 0 bridgehead atoms. The SMILES string of the molecule is NCC(c1cnccn1)C1CCC1. The third-order valence-corrected chi connectivity index (χ3v) is 2.94. The summed E-state index contributed by atoms with van der Waals surface area (Å²) in [6.07, 6.45) is 9.25. The molecule has 13 heavy (non-hydrogen) atoms. The van der Waals surface area contributed by atoms with Crippen molar-refractivity contribution in [2.75, 3.05) is 6.54 Å². The Morgan fingerprint density at radius 2 is 2.31 bits per heavy atom. The lowest BCUT2D eigenvalue weighted by Gasteiger charge is -2.32. The van der Waals surface area contributed by atoms with E-state index in [9.17, 15) is 0 Å². The van der Waals surface area contributed by atoms with Gasteiger partial charge in [-0.25, -0.2) is 0 Å². The van der Waals surface area contributed by atoms with Gasteiger partial charge in [0, 0.05) is 31.1 Å². The first-order chi connectivity index (χ1) is 6.42. The standard InChI is InChI=1S/C10H15N3/c11-6-9(8-2-1-3-8)10-7-12-4-5-13-10/h4-5,7-9H,1-3,6,11H2. The van der Waals surface area contributed by atoms with Crippen molar-refractivity contribution in [3.8, 4) is 0 Å². The second kappa shape index (κ2) is 3.83. The molecule has 2 N–H and O–H groups in total. The van der Waals surface area contributed by atoms with Crippen LogP contribution in [0.5, 0.6) is 0 Å². The van der Waals surface area contributed by atoms with Crippen LogP contribution in [0.25, 0.3) is 0 Å². The Labute approximate surface area is 78.4 Å². The van der Waals surface area contributed by atoms with Crippen LogP contribution in [0.4, 0.5) is 0 Å². The summed E-state index contributed by atoms with van der Waals surface area (Å²) in [4.78, 5) is 8.39. The number of hydrogen-bond donors (Lipinski definition) is 1. The Morgan fingerprint density at radius 3 is 2.77 bits per heavy atom. The van der Waals surface area contributed by atoms with Crippen LogP contribution in [-0.2, 0) is 0 Å². The van der Waals surface area contributed by atoms with Crippen LogP contribution in [0.1, 0.15) is 30.9 Å². The predicted molar refractivity (Wildman–Crippen MR) is 51.2 cm³/mol. The molecule has 1 unspecified atom stereocenters. The molecule has 1 aliphatic rings. The smallest absolute Gasteiger partial charge is 0.0632 e. The van der Waals surface area contributed by atoms with Crippen LogP contribution in [0.15, 0.2) is 18.6 Å². The topological polar surface area (TPSA) is 51.8 Å². The first-order valence-electron chi connectivity index (χ1n) is 4.88. The van der Waals surface area contributed by atoms with Crippen molar-refractivity contribution in [2.24, 2.45) is 11.7 Å². The van der Waals surface area contributed by atoms with Gasteiger partial charge in [-0.3, -0.25) is 9.97 Å². The molecule has 1 saturated carbocycles. The van der Waals surface area contributed by atoms with Crippen LogP contribution in [-0.4, -0.2) is 16.5 Å². The molecule has 70 valence electrons. The first kappa shape index (κ1) is 8.63. The van der Waals surface area contributed by atoms with E-state index in [1.165, 1.54) is 19.3 Å². The molecule has 2 rings (SSSR count). The van der Waals surface area contributed by atoms with Crippen molar-refractivity contribution in [3.05, 3.63) is 24.3 Å². The van der Waals surface area contributed by atoms with E-state index in [1.807, 2.05) is 6.20 Å². The summed E-state index contributed by atoms with van der Waals surface area (Å²) in [6, 6.07) is 0. The molecule has 1 heterocycles. The summed E-state index contributed by atoms with van der Waals surface area (Å²) in [6.45, 7) is 0.698. The molecule has 0 aliphatic heterocycles. The quantitative estimate of drug-likeness (QED) is 0.757. The Bertz CT molecular complexity index is 256. The molecule has 1 atom stereocenters. The van der Waals surface area contributed by atoms with Crippen LogP contribution in [0.3, 0.4) is 0 Å². The molecule has 3 nitrogen and oxygen atoms in total. The normalized spacial score (nSPS) is 19.5. The molecule has 3 heteroatoms. The zero-order valence-electron chi connectivity index (χ0n) is 7.69. The van der Waals surface area contributed by atoms with Gasteiger partial charge in [0.2, 0.25) is 0 Å². The van der Waals surface area contributed by atoms with Gasteiger partial charge in [-0.05, 0) is 18.8 Å². The van der Waals surface area contributed by atoms with E-state index in [0.29, 0.717) is 12.5 Å². The summed E-state index contributed by atoms with van der Waals surface area (Å²) < 4.78 is 0. The fourth-order valence-electron chi connectivity index (χ4n) is 1.90. The van der Waals surface area contributed by atoms with Crippen LogP contribution >= 0.6 is 0 Å². The lowest BCUT2D eigenvalue weighted by atomic mass is 9.74. The summed E-state index contributed by atoms with van der Waals surface area (Å²) in [5.74, 6) is 1.18. The molecular formula is C10H15N3. The van der Waals surface area contributed by atoms with E-state index >= 15 is 0 Å². The minimum atomic E-state index is 0.433. The Morgan fingerprint density at radius 1 is 1.46 bits per heavy atom. The fourth-order valence-corrected chi connectivity index (χ4v) is 1.90. The van der Waals surface area contributed by atoms with Gasteiger partial charge in [0.15, 0.2) is 0 Å². The number of nitrogens with zero attached hydrogens (tertiary/aromatic N) is 2. The third-order valence-electron chi connectivity index (χ3n) is 2.94. The van der Waals surface area contributed by atoms with Gasteiger partial charge in [0.25, 0.3) is 0 Å². The van der Waals surface area contributed by atoms with Crippen LogP contribution < -0.4 is 5.73 Å². The Balaban J connectivity index is 2.12. The zero-order valence-corrected chi connectivity index (χ0v) is 7.69. The van der Waals surface area contributed by atoms with E-state index in [2.05, 4.69) is 9.97 Å². The summed E-state index contributed by atoms with van der Waals surface area (Å²) in [5.41, 5.74) is 6.81. The molecule has 0 amide bonds. The highest BCUT2D eigenvalue weighted by Gasteiger charge is 2.28. The van der Waals surface area contributed by atoms with E-state index in [0.717, 1.165) is 11.6 Å². The van der Waals surface area contributed by atoms with E-state index in [4.69, 9.17) is 5.73 Å². The number of nitrogens with two attached hydrogens (primary N) is 1. The first-order valence-corrected chi connectivity index (χ1v) is 4.88. The number of hydrogen-bond acceptors (Lipinski definition) is 3. The largest absolute Gasteiger partial charge is 0.330 e. The molecule has 1 aromatic heterocycles. The van der Waals surface area contributed by atoms with Gasteiger partial charge in [-0.1, -0.05) is 6.42 Å². The highest BCUT2D eigenvalue weighted by Crippen LogP contribution is 2.37. The van der Waals surface area contributed by atoms with Crippen LogP contribution in [0, 0.1) is 5.92 Å². The highest BCUT2D eigenvalue weighted by molar-refractivity contribution is 5.07.